The summed E-state index contributed by atoms with van der Waals surface area (Å²) >= 11 is 0. The lowest BCUT2D eigenvalue weighted by Gasteiger charge is -2.37. The molecule has 1 aromatic carbocycles. The monoisotopic (exact) mass is 579 g/mol. The molecule has 0 aliphatic carbocycles. The van der Waals surface area contributed by atoms with E-state index < -0.39 is 17.4 Å². The summed E-state index contributed by atoms with van der Waals surface area (Å²) in [5, 5.41) is 0. The Morgan fingerprint density at radius 2 is 1.67 bits per heavy atom. The van der Waals surface area contributed by atoms with Crippen molar-refractivity contribution < 1.29 is 18.0 Å². The highest BCUT2D eigenvalue weighted by atomic mass is 19.4. The number of nitrogens with zero attached hydrogens (tertiary/aromatic N) is 6. The Bertz CT molecular complexity index is 1630. The molecule has 0 unspecified atom stereocenters. The lowest BCUT2D eigenvalue weighted by molar-refractivity contribution is -0.138. The third-order valence-corrected chi connectivity index (χ3v) is 8.41. The number of anilines is 1. The number of nitrogens with two attached hydrogens (primary N) is 1. The molecule has 0 radical (unpaired) electrons. The van der Waals surface area contributed by atoms with E-state index >= 15 is 0 Å². The fourth-order valence-corrected chi connectivity index (χ4v) is 6.25. The Balaban J connectivity index is 1.15. The van der Waals surface area contributed by atoms with Crippen molar-refractivity contribution >= 4 is 22.8 Å². The summed E-state index contributed by atoms with van der Waals surface area (Å²) in [5.74, 6) is 0.849. The van der Waals surface area contributed by atoms with Gasteiger partial charge in [0.25, 0.3) is 0 Å². The standard InChI is InChI=1S/C30H32F3N7O2/c31-30(32,33)22-4-5-24-25(18-22)40(27-3-1-2-11-36-27)29(42)39(24)23-9-15-38(16-10-23)28(41)21-7-13-37(14-8-21)19-20-6-12-35-26(34)17-20/h1-6,11-12,17-18,21,23H,7-10,13-16,19H2,(H2,34,35). The van der Waals surface area contributed by atoms with Crippen molar-refractivity contribution in [1.29, 1.82) is 0 Å². The van der Waals surface area contributed by atoms with Gasteiger partial charge in [0.15, 0.2) is 0 Å². The minimum Gasteiger partial charge on any atom is -0.384 e. The van der Waals surface area contributed by atoms with Crippen molar-refractivity contribution in [1.82, 2.24) is 28.9 Å². The average Bonchev–Trinajstić information content (AvgIpc) is 3.28. The second kappa shape index (κ2) is 11.2. The summed E-state index contributed by atoms with van der Waals surface area (Å²) in [4.78, 5) is 39.6. The number of nitrogen functional groups attached to an aromatic ring is 1. The Morgan fingerprint density at radius 1 is 0.905 bits per heavy atom. The molecule has 4 aromatic rings. The number of alkyl halides is 3. The van der Waals surface area contributed by atoms with E-state index in [2.05, 4.69) is 14.9 Å². The second-order valence-corrected chi connectivity index (χ2v) is 11.1. The molecular weight excluding hydrogens is 547 g/mol. The third-order valence-electron chi connectivity index (χ3n) is 8.41. The van der Waals surface area contributed by atoms with Crippen LogP contribution in [0.15, 0.2) is 65.7 Å². The molecule has 12 heteroatoms. The molecule has 42 heavy (non-hydrogen) atoms. The number of fused-ring (bicyclic) bond motifs is 1. The number of piperidine rings is 2. The molecule has 9 nitrogen and oxygen atoms in total. The maximum atomic E-state index is 13.7. The van der Waals surface area contributed by atoms with Crippen LogP contribution in [0.5, 0.6) is 0 Å². The van der Waals surface area contributed by atoms with Crippen LogP contribution in [0.4, 0.5) is 19.0 Å². The van der Waals surface area contributed by atoms with E-state index in [1.165, 1.54) is 16.8 Å². The Kier molecular flexibility index (Phi) is 7.48. The Labute approximate surface area is 240 Å². The first-order valence-electron chi connectivity index (χ1n) is 14.2. The molecule has 220 valence electrons. The zero-order chi connectivity index (χ0) is 29.4. The van der Waals surface area contributed by atoms with Gasteiger partial charge in [-0.05, 0) is 86.8 Å². The molecule has 2 fully saturated rings. The van der Waals surface area contributed by atoms with E-state index in [4.69, 9.17) is 5.73 Å². The number of rotatable bonds is 5. The summed E-state index contributed by atoms with van der Waals surface area (Å²) in [6, 6.07) is 11.9. The lowest BCUT2D eigenvalue weighted by Crippen LogP contribution is -2.46. The van der Waals surface area contributed by atoms with Crippen LogP contribution in [0.3, 0.4) is 0 Å². The zero-order valence-corrected chi connectivity index (χ0v) is 23.0. The topological polar surface area (TPSA) is 102 Å². The van der Waals surface area contributed by atoms with Crippen molar-refractivity contribution in [3.63, 3.8) is 0 Å². The summed E-state index contributed by atoms with van der Waals surface area (Å²) < 4.78 is 43.5. The summed E-state index contributed by atoms with van der Waals surface area (Å²) in [5.41, 5.74) is 6.22. The van der Waals surface area contributed by atoms with E-state index in [1.807, 2.05) is 17.0 Å². The number of carbonyl (C=O) groups excluding carboxylic acids is 1. The fourth-order valence-electron chi connectivity index (χ4n) is 6.25. The number of hydrogen-bond donors (Lipinski definition) is 1. The van der Waals surface area contributed by atoms with Gasteiger partial charge >= 0.3 is 11.9 Å². The first kappa shape index (κ1) is 28.0. The molecule has 0 bridgehead atoms. The van der Waals surface area contributed by atoms with Crippen molar-refractivity contribution in [2.45, 2.75) is 44.4 Å². The van der Waals surface area contributed by atoms with Crippen molar-refractivity contribution in [2.75, 3.05) is 31.9 Å². The number of hydrogen-bond acceptors (Lipinski definition) is 6. The maximum Gasteiger partial charge on any atom is 0.416 e. The largest absolute Gasteiger partial charge is 0.416 e. The first-order valence-corrected chi connectivity index (χ1v) is 14.2. The van der Waals surface area contributed by atoms with Crippen LogP contribution in [0.2, 0.25) is 0 Å². The van der Waals surface area contributed by atoms with E-state index in [0.717, 1.165) is 50.2 Å². The molecule has 2 aliphatic rings. The van der Waals surface area contributed by atoms with Crippen LogP contribution < -0.4 is 11.4 Å². The molecule has 0 saturated carbocycles. The third kappa shape index (κ3) is 5.50. The molecule has 1 amide bonds. The molecule has 6 rings (SSSR count). The summed E-state index contributed by atoms with van der Waals surface area (Å²) in [7, 11) is 0. The Morgan fingerprint density at radius 3 is 2.33 bits per heavy atom. The number of imidazole rings is 1. The normalized spacial score (nSPS) is 17.6. The van der Waals surface area contributed by atoms with E-state index in [0.29, 0.717) is 37.3 Å². The number of benzene rings is 1. The molecule has 3 aromatic heterocycles. The smallest absolute Gasteiger partial charge is 0.384 e. The van der Waals surface area contributed by atoms with Crippen LogP contribution in [0, 0.1) is 5.92 Å². The Hall–Kier alpha value is -4.19. The maximum absolute atomic E-state index is 13.7. The van der Waals surface area contributed by atoms with Gasteiger partial charge in [0.1, 0.15) is 11.6 Å². The molecular formula is C30H32F3N7O2. The van der Waals surface area contributed by atoms with Gasteiger partial charge in [0, 0.05) is 44.0 Å². The molecule has 2 N–H and O–H groups in total. The van der Waals surface area contributed by atoms with Crippen molar-refractivity contribution in [3.05, 3.63) is 82.5 Å². The van der Waals surface area contributed by atoms with Gasteiger partial charge in [-0.3, -0.25) is 14.3 Å². The fraction of sp³-hybridized carbons (Fsp3) is 0.400. The zero-order valence-electron chi connectivity index (χ0n) is 23.0. The lowest BCUT2D eigenvalue weighted by atomic mass is 9.93. The molecule has 0 spiro atoms. The van der Waals surface area contributed by atoms with E-state index in [1.54, 1.807) is 29.0 Å². The highest BCUT2D eigenvalue weighted by molar-refractivity contribution is 5.80. The summed E-state index contributed by atoms with van der Waals surface area (Å²) in [6.45, 7) is 3.38. The highest BCUT2D eigenvalue weighted by Gasteiger charge is 2.34. The number of likely N-dealkylation sites (tertiary alicyclic amines) is 2. The van der Waals surface area contributed by atoms with E-state index in [-0.39, 0.29) is 29.2 Å². The second-order valence-electron chi connectivity index (χ2n) is 11.1. The van der Waals surface area contributed by atoms with Gasteiger partial charge in [-0.25, -0.2) is 19.3 Å². The first-order chi connectivity index (χ1) is 20.2. The van der Waals surface area contributed by atoms with Crippen LogP contribution >= 0.6 is 0 Å². The van der Waals surface area contributed by atoms with Gasteiger partial charge < -0.3 is 10.6 Å². The number of halogens is 3. The van der Waals surface area contributed by atoms with Crippen LogP contribution in [0.25, 0.3) is 16.9 Å². The SMILES string of the molecule is Nc1cc(CN2CCC(C(=O)N3CCC(n4c(=O)n(-c5ccccn5)c5cc(C(F)(F)F)ccc54)CC3)CC2)ccn1. The molecule has 0 atom stereocenters. The summed E-state index contributed by atoms with van der Waals surface area (Å²) in [6.07, 6.45) is 1.29. The van der Waals surface area contributed by atoms with E-state index in [9.17, 15) is 22.8 Å². The minimum absolute atomic E-state index is 0.0464. The van der Waals surface area contributed by atoms with Crippen molar-refractivity contribution in [3.8, 4) is 5.82 Å². The van der Waals surface area contributed by atoms with Gasteiger partial charge in [-0.15, -0.1) is 0 Å². The molecule has 2 saturated heterocycles. The minimum atomic E-state index is -4.55. The van der Waals surface area contributed by atoms with Crippen LogP contribution in [-0.2, 0) is 17.5 Å². The number of aromatic nitrogens is 4. The average molecular weight is 580 g/mol. The van der Waals surface area contributed by atoms with Crippen LogP contribution in [0.1, 0.15) is 42.9 Å². The van der Waals surface area contributed by atoms with Gasteiger partial charge in [-0.1, -0.05) is 6.07 Å². The number of carbonyl (C=O) groups is 1. The quantitative estimate of drug-likeness (QED) is 0.379. The van der Waals surface area contributed by atoms with Crippen molar-refractivity contribution in [2.24, 2.45) is 5.92 Å². The predicted octanol–water partition coefficient (Wildman–Crippen LogP) is 4.26. The van der Waals surface area contributed by atoms with Gasteiger partial charge in [-0.2, -0.15) is 13.2 Å². The van der Waals surface area contributed by atoms with Gasteiger partial charge in [0.05, 0.1) is 16.6 Å². The molecule has 2 aliphatic heterocycles. The van der Waals surface area contributed by atoms with Crippen LogP contribution in [-0.4, -0.2) is 61.0 Å². The van der Waals surface area contributed by atoms with Gasteiger partial charge in [0.2, 0.25) is 5.91 Å². The number of pyridine rings is 2. The number of amides is 1. The predicted molar refractivity (Wildman–Crippen MR) is 152 cm³/mol. The molecule has 5 heterocycles. The highest BCUT2D eigenvalue weighted by Crippen LogP contribution is 2.34.